The first-order chi connectivity index (χ1) is 8.94. The van der Waals surface area contributed by atoms with E-state index in [2.05, 4.69) is 5.32 Å². The van der Waals surface area contributed by atoms with E-state index in [1.165, 1.54) is 0 Å². The molecule has 1 heterocycles. The highest BCUT2D eigenvalue weighted by Gasteiger charge is 2.27. The summed E-state index contributed by atoms with van der Waals surface area (Å²) in [5.74, 6) is 0.354. The third-order valence-electron chi connectivity index (χ3n) is 2.82. The summed E-state index contributed by atoms with van der Waals surface area (Å²) in [5, 5.41) is 3.15. The van der Waals surface area contributed by atoms with Crippen LogP contribution in [0.2, 0.25) is 0 Å². The number of primary amides is 1. The molecule has 0 radical (unpaired) electrons. The molecule has 3 N–H and O–H groups in total. The summed E-state index contributed by atoms with van der Waals surface area (Å²) in [6.07, 6.45) is 0.606. The van der Waals surface area contributed by atoms with E-state index in [1.807, 2.05) is 6.07 Å². The van der Waals surface area contributed by atoms with Gasteiger partial charge in [0.1, 0.15) is 5.75 Å². The Kier molecular flexibility index (Phi) is 3.94. The van der Waals surface area contributed by atoms with Crippen molar-refractivity contribution in [3.05, 3.63) is 24.3 Å². The van der Waals surface area contributed by atoms with Crippen molar-refractivity contribution >= 4 is 21.4 Å². The Morgan fingerprint density at radius 1 is 1.47 bits per heavy atom. The summed E-state index contributed by atoms with van der Waals surface area (Å²) in [7, 11) is -2.90. The summed E-state index contributed by atoms with van der Waals surface area (Å²) in [4.78, 5) is 10.6. The molecule has 6 nitrogen and oxygen atoms in total. The summed E-state index contributed by atoms with van der Waals surface area (Å²) >= 11 is 0. The summed E-state index contributed by atoms with van der Waals surface area (Å²) in [6.45, 7) is -0.179. The molecular formula is C12H16N2O4S. The molecular weight excluding hydrogens is 268 g/mol. The topological polar surface area (TPSA) is 98.5 Å². The van der Waals surface area contributed by atoms with Crippen LogP contribution < -0.4 is 15.8 Å². The van der Waals surface area contributed by atoms with Gasteiger partial charge in [-0.15, -0.1) is 0 Å². The van der Waals surface area contributed by atoms with Gasteiger partial charge < -0.3 is 15.8 Å². The number of carbonyl (C=O) groups excluding carboxylic acids is 1. The van der Waals surface area contributed by atoms with Crippen LogP contribution in [0, 0.1) is 0 Å². The third-order valence-corrected chi connectivity index (χ3v) is 4.59. The monoisotopic (exact) mass is 284 g/mol. The van der Waals surface area contributed by atoms with Gasteiger partial charge in [-0.2, -0.15) is 0 Å². The molecule has 104 valence electrons. The fourth-order valence-corrected chi connectivity index (χ4v) is 3.65. The number of anilines is 1. The van der Waals surface area contributed by atoms with E-state index in [9.17, 15) is 13.2 Å². The maximum Gasteiger partial charge on any atom is 0.255 e. The van der Waals surface area contributed by atoms with Gasteiger partial charge in [-0.05, 0) is 18.6 Å². The van der Waals surface area contributed by atoms with E-state index in [-0.39, 0.29) is 24.2 Å². The van der Waals surface area contributed by atoms with Gasteiger partial charge in [-0.25, -0.2) is 8.42 Å². The molecule has 1 aliphatic heterocycles. The second-order valence-electron chi connectivity index (χ2n) is 4.53. The van der Waals surface area contributed by atoms with Gasteiger partial charge in [0.05, 0.1) is 11.5 Å². The summed E-state index contributed by atoms with van der Waals surface area (Å²) in [6, 6.07) is 6.94. The lowest BCUT2D eigenvalue weighted by Crippen LogP contribution is -2.21. The van der Waals surface area contributed by atoms with Crippen LogP contribution >= 0.6 is 0 Å². The molecule has 0 aromatic heterocycles. The van der Waals surface area contributed by atoms with Crippen LogP contribution in [-0.4, -0.2) is 38.5 Å². The van der Waals surface area contributed by atoms with E-state index >= 15 is 0 Å². The van der Waals surface area contributed by atoms with Crippen molar-refractivity contribution in [1.29, 1.82) is 0 Å². The molecule has 1 saturated heterocycles. The van der Waals surface area contributed by atoms with E-state index in [1.54, 1.807) is 18.2 Å². The van der Waals surface area contributed by atoms with Crippen molar-refractivity contribution in [2.75, 3.05) is 23.4 Å². The van der Waals surface area contributed by atoms with Crippen molar-refractivity contribution in [3.8, 4) is 5.75 Å². The van der Waals surface area contributed by atoms with Crippen molar-refractivity contribution in [1.82, 2.24) is 0 Å². The maximum atomic E-state index is 11.4. The third kappa shape index (κ3) is 4.13. The fraction of sp³-hybridized carbons (Fsp3) is 0.417. The number of ether oxygens (including phenoxy) is 1. The van der Waals surface area contributed by atoms with E-state index < -0.39 is 15.7 Å². The molecule has 2 rings (SSSR count). The highest BCUT2D eigenvalue weighted by atomic mass is 32.2. The lowest BCUT2D eigenvalue weighted by Gasteiger charge is -2.13. The second kappa shape index (κ2) is 5.48. The molecule has 1 unspecified atom stereocenters. The second-order valence-corrected chi connectivity index (χ2v) is 6.76. The van der Waals surface area contributed by atoms with Crippen molar-refractivity contribution in [2.45, 2.75) is 12.5 Å². The van der Waals surface area contributed by atoms with Crippen LogP contribution in [0.4, 0.5) is 5.69 Å². The standard InChI is InChI=1S/C12H16N2O4S/c13-12(15)7-18-11-3-1-2-9(6-11)14-10-4-5-19(16,17)8-10/h1-3,6,10,14H,4-5,7-8H2,(H2,13,15). The molecule has 0 spiro atoms. The molecule has 1 fully saturated rings. The maximum absolute atomic E-state index is 11.4. The van der Waals surface area contributed by atoms with Gasteiger partial charge in [0.15, 0.2) is 16.4 Å². The zero-order chi connectivity index (χ0) is 13.9. The molecule has 0 bridgehead atoms. The zero-order valence-electron chi connectivity index (χ0n) is 10.3. The van der Waals surface area contributed by atoms with Crippen LogP contribution in [0.3, 0.4) is 0 Å². The van der Waals surface area contributed by atoms with Crippen molar-refractivity contribution in [3.63, 3.8) is 0 Å². The number of carbonyl (C=O) groups is 1. The number of nitrogens with one attached hydrogen (secondary N) is 1. The molecule has 0 aliphatic carbocycles. The Bertz CT molecular complexity index is 571. The first kappa shape index (κ1) is 13.7. The molecule has 19 heavy (non-hydrogen) atoms. The van der Waals surface area contributed by atoms with Gasteiger partial charge >= 0.3 is 0 Å². The normalized spacial score (nSPS) is 20.9. The Morgan fingerprint density at radius 2 is 2.26 bits per heavy atom. The summed E-state index contributed by atoms with van der Waals surface area (Å²) < 4.78 is 27.9. The number of nitrogens with two attached hydrogens (primary N) is 1. The molecule has 0 saturated carbocycles. The number of rotatable bonds is 5. The van der Waals surface area contributed by atoms with Crippen molar-refractivity contribution in [2.24, 2.45) is 5.73 Å². The van der Waals surface area contributed by atoms with Gasteiger partial charge in [0.25, 0.3) is 5.91 Å². The van der Waals surface area contributed by atoms with Gasteiger partial charge in [-0.3, -0.25) is 4.79 Å². The van der Waals surface area contributed by atoms with Gasteiger partial charge in [0.2, 0.25) is 0 Å². The Labute approximate surface area is 111 Å². The quantitative estimate of drug-likeness (QED) is 0.802. The minimum Gasteiger partial charge on any atom is -0.484 e. The number of amides is 1. The number of hydrogen-bond acceptors (Lipinski definition) is 5. The highest BCUT2D eigenvalue weighted by Crippen LogP contribution is 2.21. The largest absolute Gasteiger partial charge is 0.484 e. The number of sulfone groups is 1. The lowest BCUT2D eigenvalue weighted by atomic mass is 10.2. The Balaban J connectivity index is 1.97. The summed E-state index contributed by atoms with van der Waals surface area (Å²) in [5.41, 5.74) is 5.76. The van der Waals surface area contributed by atoms with E-state index in [4.69, 9.17) is 10.5 Å². The predicted octanol–water partition coefficient (Wildman–Crippen LogP) is 0.150. The van der Waals surface area contributed by atoms with Crippen LogP contribution in [0.1, 0.15) is 6.42 Å². The smallest absolute Gasteiger partial charge is 0.255 e. The number of benzene rings is 1. The number of hydrogen-bond donors (Lipinski definition) is 2. The van der Waals surface area contributed by atoms with E-state index in [0.29, 0.717) is 12.2 Å². The fourth-order valence-electron chi connectivity index (χ4n) is 1.97. The minimum atomic E-state index is -2.90. The van der Waals surface area contributed by atoms with Gasteiger partial charge in [0, 0.05) is 17.8 Å². The molecule has 1 aromatic rings. The highest BCUT2D eigenvalue weighted by molar-refractivity contribution is 7.91. The predicted molar refractivity (Wildman–Crippen MR) is 71.8 cm³/mol. The van der Waals surface area contributed by atoms with Crippen molar-refractivity contribution < 1.29 is 17.9 Å². The lowest BCUT2D eigenvalue weighted by molar-refractivity contribution is -0.119. The molecule has 1 amide bonds. The van der Waals surface area contributed by atoms with E-state index in [0.717, 1.165) is 5.69 Å². The molecule has 1 aliphatic rings. The zero-order valence-corrected chi connectivity index (χ0v) is 11.2. The first-order valence-corrected chi connectivity index (χ1v) is 7.75. The van der Waals surface area contributed by atoms with Crippen LogP contribution in [-0.2, 0) is 14.6 Å². The Hall–Kier alpha value is -1.76. The van der Waals surface area contributed by atoms with Crippen LogP contribution in [0.15, 0.2) is 24.3 Å². The first-order valence-electron chi connectivity index (χ1n) is 5.93. The molecule has 7 heteroatoms. The van der Waals surface area contributed by atoms with Gasteiger partial charge in [-0.1, -0.05) is 6.07 Å². The SMILES string of the molecule is NC(=O)COc1cccc(NC2CCS(=O)(=O)C2)c1. The molecule has 1 atom stereocenters. The minimum absolute atomic E-state index is 0.0728. The average Bonchev–Trinajstić information content (AvgIpc) is 2.66. The average molecular weight is 284 g/mol. The molecule has 1 aromatic carbocycles. The van der Waals surface area contributed by atoms with Crippen LogP contribution in [0.25, 0.3) is 0 Å². The van der Waals surface area contributed by atoms with Crippen LogP contribution in [0.5, 0.6) is 5.75 Å². The Morgan fingerprint density at radius 3 is 2.89 bits per heavy atom.